The number of carboxylic acid groups (broad SMARTS) is 1. The molecule has 0 saturated carbocycles. The van der Waals surface area contributed by atoms with Crippen molar-refractivity contribution in [3.05, 3.63) is 24.3 Å². The summed E-state index contributed by atoms with van der Waals surface area (Å²) in [6, 6.07) is 6.42. The maximum Gasteiger partial charge on any atom is 0.414 e. The van der Waals surface area contributed by atoms with Crippen molar-refractivity contribution >= 4 is 23.8 Å². The molecule has 0 radical (unpaired) electrons. The number of hydrogen-bond acceptors (Lipinski definition) is 7. The number of carbonyl (C=O) groups excluding carboxylic acids is 1. The van der Waals surface area contributed by atoms with Crippen molar-refractivity contribution in [2.24, 2.45) is 10.9 Å². The van der Waals surface area contributed by atoms with Crippen LogP contribution in [-0.4, -0.2) is 42.1 Å². The monoisotopic (exact) mass is 354 g/mol. The normalized spacial score (nSPS) is 11.6. The molecule has 0 fully saturated rings. The van der Waals surface area contributed by atoms with Crippen molar-refractivity contribution < 1.29 is 29.0 Å². The summed E-state index contributed by atoms with van der Waals surface area (Å²) in [5.74, 6) is 5.17. The van der Waals surface area contributed by atoms with Gasteiger partial charge in [-0.2, -0.15) is 0 Å². The molecule has 0 unspecified atom stereocenters. The van der Waals surface area contributed by atoms with Crippen LogP contribution < -0.4 is 21.3 Å². The molecule has 0 bridgehead atoms. The Morgan fingerprint density at radius 1 is 1.16 bits per heavy atom. The van der Waals surface area contributed by atoms with Gasteiger partial charge in [0.05, 0.1) is 5.69 Å². The van der Waals surface area contributed by atoms with Gasteiger partial charge in [-0.25, -0.2) is 20.5 Å². The third-order valence-electron chi connectivity index (χ3n) is 2.39. The van der Waals surface area contributed by atoms with Crippen LogP contribution in [0.1, 0.15) is 20.8 Å². The highest BCUT2D eigenvalue weighted by Crippen LogP contribution is 2.18. The standard InChI is InChI=1S/C15H22N4O6/c1-15(2,3)25-14(22)19-12(18-13(20)21)17-10-4-6-11(7-5-10)23-8-9-24-16/h4-7H,8-9,16H2,1-3H3,(H,20,21)(H2,17,18,19,22). The zero-order valence-corrected chi connectivity index (χ0v) is 14.2. The van der Waals surface area contributed by atoms with Crippen LogP contribution in [0.3, 0.4) is 0 Å². The van der Waals surface area contributed by atoms with Gasteiger partial charge in [0, 0.05) is 0 Å². The quantitative estimate of drug-likeness (QED) is 0.273. The van der Waals surface area contributed by atoms with E-state index in [1.165, 1.54) is 0 Å². The second-order valence-electron chi connectivity index (χ2n) is 5.73. The van der Waals surface area contributed by atoms with Gasteiger partial charge in [0.1, 0.15) is 24.6 Å². The van der Waals surface area contributed by atoms with Crippen LogP contribution >= 0.6 is 0 Å². The van der Waals surface area contributed by atoms with Crippen LogP contribution in [-0.2, 0) is 9.57 Å². The molecule has 0 aliphatic rings. The smallest absolute Gasteiger partial charge is 0.414 e. The highest BCUT2D eigenvalue weighted by molar-refractivity contribution is 6.01. The molecule has 138 valence electrons. The van der Waals surface area contributed by atoms with E-state index >= 15 is 0 Å². The maximum absolute atomic E-state index is 11.8. The molecule has 0 aliphatic heterocycles. The minimum atomic E-state index is -1.38. The Labute approximate surface area is 144 Å². The molecule has 2 amide bonds. The Morgan fingerprint density at radius 2 is 1.80 bits per heavy atom. The molecule has 0 saturated heterocycles. The van der Waals surface area contributed by atoms with E-state index in [-0.39, 0.29) is 19.2 Å². The lowest BCUT2D eigenvalue weighted by atomic mass is 10.2. The molecular weight excluding hydrogens is 332 g/mol. The predicted molar refractivity (Wildman–Crippen MR) is 89.7 cm³/mol. The van der Waals surface area contributed by atoms with Gasteiger partial charge in [0.15, 0.2) is 0 Å². The third kappa shape index (κ3) is 9.13. The number of nitrogens with two attached hydrogens (primary N) is 1. The summed E-state index contributed by atoms with van der Waals surface area (Å²) in [6.07, 6.45) is -2.21. The predicted octanol–water partition coefficient (Wildman–Crippen LogP) is 1.74. The number of ether oxygens (including phenoxy) is 2. The molecule has 0 aromatic heterocycles. The van der Waals surface area contributed by atoms with E-state index in [4.69, 9.17) is 20.5 Å². The number of aliphatic imine (C=N–C) groups is 1. The zero-order valence-electron chi connectivity index (χ0n) is 14.2. The molecule has 0 heterocycles. The average molecular weight is 354 g/mol. The lowest BCUT2D eigenvalue weighted by molar-refractivity contribution is 0.0562. The first-order chi connectivity index (χ1) is 11.7. The molecule has 10 nitrogen and oxygen atoms in total. The lowest BCUT2D eigenvalue weighted by Gasteiger charge is -2.19. The van der Waals surface area contributed by atoms with Crippen molar-refractivity contribution in [2.75, 3.05) is 13.2 Å². The first kappa shape index (κ1) is 20.2. The van der Waals surface area contributed by atoms with Gasteiger partial charge < -0.3 is 19.4 Å². The van der Waals surface area contributed by atoms with Gasteiger partial charge in [-0.05, 0) is 45.0 Å². The van der Waals surface area contributed by atoms with Crippen LogP contribution in [0.25, 0.3) is 0 Å². The molecule has 5 N–H and O–H groups in total. The molecule has 1 rings (SSSR count). The summed E-state index contributed by atoms with van der Waals surface area (Å²) in [6.45, 7) is 5.57. The number of rotatable bonds is 5. The van der Waals surface area contributed by atoms with E-state index in [9.17, 15) is 9.59 Å². The molecule has 25 heavy (non-hydrogen) atoms. The van der Waals surface area contributed by atoms with Crippen LogP contribution in [0.2, 0.25) is 0 Å². The number of nitrogens with zero attached hydrogens (tertiary/aromatic N) is 1. The number of benzene rings is 1. The Bertz CT molecular complexity index is 609. The minimum absolute atomic E-state index is 0.242. The van der Waals surface area contributed by atoms with Crippen LogP contribution in [0, 0.1) is 0 Å². The molecule has 0 spiro atoms. The Balaban J connectivity index is 2.80. The Morgan fingerprint density at radius 3 is 2.32 bits per heavy atom. The van der Waals surface area contributed by atoms with Gasteiger partial charge in [0.2, 0.25) is 5.96 Å². The molecule has 10 heteroatoms. The molecular formula is C15H22N4O6. The highest BCUT2D eigenvalue weighted by atomic mass is 16.6. The fourth-order valence-electron chi connectivity index (χ4n) is 1.54. The summed E-state index contributed by atoms with van der Waals surface area (Å²) < 4.78 is 10.4. The zero-order chi connectivity index (χ0) is 18.9. The van der Waals surface area contributed by atoms with Gasteiger partial charge in [-0.15, -0.1) is 0 Å². The second-order valence-corrected chi connectivity index (χ2v) is 5.73. The number of amides is 2. The van der Waals surface area contributed by atoms with Gasteiger partial charge in [-0.3, -0.25) is 10.6 Å². The summed E-state index contributed by atoms with van der Waals surface area (Å²) >= 11 is 0. The fraction of sp³-hybridized carbons (Fsp3) is 0.400. The van der Waals surface area contributed by atoms with Crippen molar-refractivity contribution in [2.45, 2.75) is 26.4 Å². The van der Waals surface area contributed by atoms with Crippen LogP contribution in [0.15, 0.2) is 29.3 Å². The van der Waals surface area contributed by atoms with E-state index in [1.807, 2.05) is 5.32 Å². The van der Waals surface area contributed by atoms with E-state index in [1.54, 1.807) is 45.0 Å². The highest BCUT2D eigenvalue weighted by Gasteiger charge is 2.18. The molecule has 1 aromatic rings. The van der Waals surface area contributed by atoms with Crippen LogP contribution in [0.5, 0.6) is 5.75 Å². The summed E-state index contributed by atoms with van der Waals surface area (Å²) in [7, 11) is 0. The molecule has 0 aliphatic carbocycles. The van der Waals surface area contributed by atoms with Crippen LogP contribution in [0.4, 0.5) is 15.3 Å². The minimum Gasteiger partial charge on any atom is -0.491 e. The van der Waals surface area contributed by atoms with E-state index in [2.05, 4.69) is 15.1 Å². The van der Waals surface area contributed by atoms with Crippen molar-refractivity contribution in [3.63, 3.8) is 0 Å². The maximum atomic E-state index is 11.8. The SMILES string of the molecule is CC(C)(C)OC(=O)NC(=Nc1ccc(OCCON)cc1)NC(=O)O. The second kappa shape index (κ2) is 9.45. The molecule has 1 aromatic carbocycles. The van der Waals surface area contributed by atoms with Crippen molar-refractivity contribution in [1.29, 1.82) is 0 Å². The van der Waals surface area contributed by atoms with E-state index in [0.29, 0.717) is 11.4 Å². The first-order valence-electron chi connectivity index (χ1n) is 7.33. The van der Waals surface area contributed by atoms with Gasteiger partial charge >= 0.3 is 12.2 Å². The topological polar surface area (TPSA) is 144 Å². The van der Waals surface area contributed by atoms with Crippen molar-refractivity contribution in [3.8, 4) is 5.75 Å². The third-order valence-corrected chi connectivity index (χ3v) is 2.39. The first-order valence-corrected chi connectivity index (χ1v) is 7.33. The lowest BCUT2D eigenvalue weighted by Crippen LogP contribution is -2.45. The Kier molecular flexibility index (Phi) is 7.63. The Hall–Kier alpha value is -2.85. The average Bonchev–Trinajstić information content (AvgIpc) is 2.46. The number of nitrogens with one attached hydrogen (secondary N) is 2. The number of carbonyl (C=O) groups is 2. The van der Waals surface area contributed by atoms with E-state index < -0.39 is 17.8 Å². The number of alkyl carbamates (subject to hydrolysis) is 1. The summed E-state index contributed by atoms with van der Waals surface area (Å²) in [5, 5.41) is 13.1. The van der Waals surface area contributed by atoms with Gasteiger partial charge in [0.25, 0.3) is 0 Å². The van der Waals surface area contributed by atoms with Crippen molar-refractivity contribution in [1.82, 2.24) is 10.6 Å². The van der Waals surface area contributed by atoms with Gasteiger partial charge in [-0.1, -0.05) is 0 Å². The fourth-order valence-corrected chi connectivity index (χ4v) is 1.54. The molecule has 0 atom stereocenters. The summed E-state index contributed by atoms with van der Waals surface area (Å²) in [4.78, 5) is 31.0. The number of guanidine groups is 1. The number of hydrogen-bond donors (Lipinski definition) is 4. The summed E-state index contributed by atoms with van der Waals surface area (Å²) in [5.41, 5.74) is -0.341. The van der Waals surface area contributed by atoms with E-state index in [0.717, 1.165) is 0 Å². The largest absolute Gasteiger partial charge is 0.491 e.